The van der Waals surface area contributed by atoms with Crippen LogP contribution in [0.1, 0.15) is 38.5 Å². The second kappa shape index (κ2) is 6.89. The van der Waals surface area contributed by atoms with Crippen molar-refractivity contribution < 1.29 is 19.4 Å². The van der Waals surface area contributed by atoms with Crippen LogP contribution in [0.5, 0.6) is 0 Å². The quantitative estimate of drug-likeness (QED) is 0.544. The Bertz CT molecular complexity index is 430. The lowest BCUT2D eigenvalue weighted by Crippen LogP contribution is -2.42. The molecular weight excluding hydrogens is 250 g/mol. The van der Waals surface area contributed by atoms with E-state index in [9.17, 15) is 14.7 Å². The van der Waals surface area contributed by atoms with Gasteiger partial charge < -0.3 is 15.2 Å². The lowest BCUT2D eigenvalue weighted by molar-refractivity contribution is -0.149. The third kappa shape index (κ3) is 3.78. The Kier molecular flexibility index (Phi) is 5.50. The van der Waals surface area contributed by atoms with E-state index in [1.54, 1.807) is 17.8 Å². The summed E-state index contributed by atoms with van der Waals surface area (Å²) in [7, 11) is 0. The van der Waals surface area contributed by atoms with Crippen LogP contribution in [0.2, 0.25) is 0 Å². The van der Waals surface area contributed by atoms with Crippen LogP contribution in [0.4, 0.5) is 0 Å². The molecule has 1 aromatic rings. The molecule has 106 valence electrons. The number of aliphatic hydroxyl groups is 1. The highest BCUT2D eigenvalue weighted by Gasteiger charge is 2.29. The number of nitrogens with zero attached hydrogens (tertiary/aromatic N) is 2. The van der Waals surface area contributed by atoms with Crippen LogP contribution < -0.4 is 5.32 Å². The first kappa shape index (κ1) is 15.2. The molecule has 0 aliphatic rings. The van der Waals surface area contributed by atoms with Gasteiger partial charge in [-0.25, -0.2) is 4.79 Å². The predicted octanol–water partition coefficient (Wildman–Crippen LogP) is 0.175. The molecule has 0 aromatic carbocycles. The first-order chi connectivity index (χ1) is 9.01. The molecule has 0 aliphatic carbocycles. The molecule has 2 N–H and O–H groups in total. The lowest BCUT2D eigenvalue weighted by atomic mass is 10.1. The average molecular weight is 269 g/mol. The number of nitrogens with one attached hydrogen (secondary N) is 1. The van der Waals surface area contributed by atoms with Crippen LogP contribution in [0.3, 0.4) is 0 Å². The van der Waals surface area contributed by atoms with Gasteiger partial charge in [-0.05, 0) is 20.8 Å². The van der Waals surface area contributed by atoms with Gasteiger partial charge >= 0.3 is 5.97 Å². The number of amides is 1. The fourth-order valence-electron chi connectivity index (χ4n) is 1.57. The molecule has 1 rings (SSSR count). The maximum Gasteiger partial charge on any atom is 0.331 e. The molecule has 1 aromatic heterocycles. The summed E-state index contributed by atoms with van der Waals surface area (Å²) in [5.74, 6) is -0.681. The second-order valence-electron chi connectivity index (χ2n) is 4.31. The van der Waals surface area contributed by atoms with Crippen LogP contribution >= 0.6 is 0 Å². The van der Waals surface area contributed by atoms with E-state index in [4.69, 9.17) is 4.74 Å². The van der Waals surface area contributed by atoms with E-state index in [-0.39, 0.29) is 12.6 Å². The summed E-state index contributed by atoms with van der Waals surface area (Å²) in [5.41, 5.74) is 0.445. The van der Waals surface area contributed by atoms with E-state index in [1.807, 2.05) is 13.8 Å². The number of carbonyl (C=O) groups is 2. The number of ether oxygens (including phenoxy) is 1. The first-order valence-corrected chi connectivity index (χ1v) is 6.09. The average Bonchev–Trinajstić information content (AvgIpc) is 2.85. The smallest absolute Gasteiger partial charge is 0.331 e. The zero-order chi connectivity index (χ0) is 14.4. The summed E-state index contributed by atoms with van der Waals surface area (Å²) in [5, 5.41) is 16.5. The van der Waals surface area contributed by atoms with Crippen molar-refractivity contribution >= 4 is 12.4 Å². The summed E-state index contributed by atoms with van der Waals surface area (Å²) < 4.78 is 6.46. The molecule has 7 heteroatoms. The molecule has 0 saturated carbocycles. The molecule has 0 radical (unpaired) electrons. The van der Waals surface area contributed by atoms with E-state index in [1.165, 1.54) is 6.20 Å². The minimum absolute atomic E-state index is 0.140. The van der Waals surface area contributed by atoms with Gasteiger partial charge in [0.1, 0.15) is 6.10 Å². The van der Waals surface area contributed by atoms with Gasteiger partial charge in [-0.3, -0.25) is 9.48 Å². The molecule has 7 nitrogen and oxygen atoms in total. The Labute approximate surface area is 111 Å². The van der Waals surface area contributed by atoms with E-state index in [0.717, 1.165) is 0 Å². The Morgan fingerprint density at radius 3 is 2.79 bits per heavy atom. The van der Waals surface area contributed by atoms with E-state index < -0.39 is 18.1 Å². The topological polar surface area (TPSA) is 93.4 Å². The van der Waals surface area contributed by atoms with Gasteiger partial charge in [0.05, 0.1) is 12.8 Å². The van der Waals surface area contributed by atoms with Crippen molar-refractivity contribution in [2.45, 2.75) is 39.0 Å². The number of aliphatic hydroxyl groups excluding tert-OH is 1. The van der Waals surface area contributed by atoms with E-state index >= 15 is 0 Å². The highest BCUT2D eigenvalue weighted by atomic mass is 16.5. The molecule has 0 fully saturated rings. The van der Waals surface area contributed by atoms with Crippen molar-refractivity contribution in [1.82, 2.24) is 15.1 Å². The van der Waals surface area contributed by atoms with E-state index in [0.29, 0.717) is 12.0 Å². The second-order valence-corrected chi connectivity index (χ2v) is 4.31. The third-order valence-electron chi connectivity index (χ3n) is 2.60. The number of hydrogen-bond acceptors (Lipinski definition) is 5. The normalized spacial score (nSPS) is 13.9. The summed E-state index contributed by atoms with van der Waals surface area (Å²) in [6, 6.07) is -0.997. The van der Waals surface area contributed by atoms with Crippen LogP contribution in [-0.2, 0) is 14.3 Å². The van der Waals surface area contributed by atoms with Crippen molar-refractivity contribution in [3.63, 3.8) is 0 Å². The fraction of sp³-hybridized carbons (Fsp3) is 0.583. The zero-order valence-electron chi connectivity index (χ0n) is 11.2. The zero-order valence-corrected chi connectivity index (χ0v) is 11.2. The summed E-state index contributed by atoms with van der Waals surface area (Å²) in [6.45, 7) is 5.71. The van der Waals surface area contributed by atoms with Gasteiger partial charge in [0.25, 0.3) is 0 Å². The third-order valence-corrected chi connectivity index (χ3v) is 2.60. The number of carbonyl (C=O) groups excluding carboxylic acids is 2. The Morgan fingerprint density at radius 1 is 1.63 bits per heavy atom. The molecule has 19 heavy (non-hydrogen) atoms. The van der Waals surface area contributed by atoms with Crippen LogP contribution in [-0.4, -0.2) is 39.9 Å². The molecule has 0 bridgehead atoms. The standard InChI is InChI=1S/C12H19N3O4/c1-4-19-12(18)10(13-7-16)11(17)9-5-14-15(6-9)8(2)3/h5-8,10-11,17H,4H2,1-3H3,(H,13,16). The van der Waals surface area contributed by atoms with Crippen molar-refractivity contribution in [2.75, 3.05) is 6.61 Å². The monoisotopic (exact) mass is 269 g/mol. The minimum atomic E-state index is -1.20. The fourth-order valence-corrected chi connectivity index (χ4v) is 1.57. The van der Waals surface area contributed by atoms with E-state index in [2.05, 4.69) is 10.4 Å². The minimum Gasteiger partial charge on any atom is -0.464 e. The van der Waals surface area contributed by atoms with Crippen molar-refractivity contribution in [3.8, 4) is 0 Å². The number of hydrogen-bond donors (Lipinski definition) is 2. The lowest BCUT2D eigenvalue weighted by Gasteiger charge is -2.19. The molecule has 2 atom stereocenters. The van der Waals surface area contributed by atoms with Crippen molar-refractivity contribution in [1.29, 1.82) is 0 Å². The number of aromatic nitrogens is 2. The van der Waals surface area contributed by atoms with Gasteiger partial charge in [-0.1, -0.05) is 0 Å². The Hall–Kier alpha value is -1.89. The van der Waals surface area contributed by atoms with Gasteiger partial charge in [0.2, 0.25) is 6.41 Å². The highest BCUT2D eigenvalue weighted by molar-refractivity contribution is 5.79. The van der Waals surface area contributed by atoms with Crippen molar-refractivity contribution in [3.05, 3.63) is 18.0 Å². The van der Waals surface area contributed by atoms with Crippen LogP contribution in [0.25, 0.3) is 0 Å². The van der Waals surface area contributed by atoms with Crippen molar-refractivity contribution in [2.24, 2.45) is 0 Å². The molecule has 0 saturated heterocycles. The highest BCUT2D eigenvalue weighted by Crippen LogP contribution is 2.18. The molecule has 0 spiro atoms. The molecule has 2 unspecified atom stereocenters. The molecule has 1 amide bonds. The SMILES string of the molecule is CCOC(=O)C(NC=O)C(O)c1cnn(C(C)C)c1. The largest absolute Gasteiger partial charge is 0.464 e. The molecule has 1 heterocycles. The van der Waals surface area contributed by atoms with Crippen LogP contribution in [0, 0.1) is 0 Å². The van der Waals surface area contributed by atoms with Gasteiger partial charge in [0, 0.05) is 17.8 Å². The van der Waals surface area contributed by atoms with Gasteiger partial charge in [-0.2, -0.15) is 5.10 Å². The van der Waals surface area contributed by atoms with Gasteiger partial charge in [0.15, 0.2) is 6.04 Å². The summed E-state index contributed by atoms with van der Waals surface area (Å²) in [4.78, 5) is 22.2. The summed E-state index contributed by atoms with van der Waals surface area (Å²) in [6.07, 6.45) is 2.26. The molecule has 0 aliphatic heterocycles. The Morgan fingerprint density at radius 2 is 2.32 bits per heavy atom. The summed E-state index contributed by atoms with van der Waals surface area (Å²) >= 11 is 0. The van der Waals surface area contributed by atoms with Crippen LogP contribution in [0.15, 0.2) is 12.4 Å². The Balaban J connectivity index is 2.88. The number of esters is 1. The van der Waals surface area contributed by atoms with Gasteiger partial charge in [-0.15, -0.1) is 0 Å². The first-order valence-electron chi connectivity index (χ1n) is 6.09. The maximum absolute atomic E-state index is 11.7. The maximum atomic E-state index is 11.7. The number of rotatable bonds is 7. The predicted molar refractivity (Wildman–Crippen MR) is 67.2 cm³/mol. The molecular formula is C12H19N3O4.